The van der Waals surface area contributed by atoms with Crippen LogP contribution in [0.25, 0.3) is 88.7 Å². The van der Waals surface area contributed by atoms with E-state index in [1.54, 1.807) is 0 Å². The highest BCUT2D eigenvalue weighted by Crippen LogP contribution is 2.51. The molecule has 2 aliphatic rings. The molecule has 3 nitrogen and oxygen atoms in total. The Kier molecular flexibility index (Phi) is 13.9. The van der Waals surface area contributed by atoms with Gasteiger partial charge in [-0.3, -0.25) is 0 Å². The molecule has 1 aromatic heterocycles. The summed E-state index contributed by atoms with van der Waals surface area (Å²) in [5, 5.41) is 2.19. The van der Waals surface area contributed by atoms with Gasteiger partial charge in [-0.2, -0.15) is 0 Å². The minimum atomic E-state index is -0.139. The van der Waals surface area contributed by atoms with Crippen LogP contribution < -0.4 is 26.2 Å². The highest BCUT2D eigenvalue weighted by Gasteiger charge is 2.45. The summed E-state index contributed by atoms with van der Waals surface area (Å²) in [6.07, 6.45) is 0. The van der Waals surface area contributed by atoms with E-state index in [4.69, 9.17) is 4.42 Å². The lowest BCUT2D eigenvalue weighted by Crippen LogP contribution is -2.61. The summed E-state index contributed by atoms with van der Waals surface area (Å²) in [7, 11) is 0. The summed E-state index contributed by atoms with van der Waals surface area (Å²) >= 11 is 0. The monoisotopic (exact) mass is 1190 g/mol. The first kappa shape index (κ1) is 58.5. The molecule has 12 aromatic carbocycles. The van der Waals surface area contributed by atoms with E-state index in [-0.39, 0.29) is 28.4 Å². The summed E-state index contributed by atoms with van der Waals surface area (Å²) in [6, 6.07) is 98.7. The fourth-order valence-corrected chi connectivity index (χ4v) is 14.2. The summed E-state index contributed by atoms with van der Waals surface area (Å²) < 4.78 is 7.11. The topological polar surface area (TPSA) is 19.6 Å². The summed E-state index contributed by atoms with van der Waals surface area (Å²) in [4.78, 5) is 5.25. The molecule has 3 heterocycles. The SMILES string of the molecule is CC(C)(C)c1cc(-c2cc(-c3cc4c5c(c3)N(c3cc(-c6ccccc6)cc(-c6ccccc6)c3)c3ccc(C(C)(C)C)cc3B5c3cc(C(C)(C)C)ccc3N4c3cc(-c4ccccc4)cc(-c4ccccc4)c3)cc3c2oc2ccccc23)cc(C(C)(C)C)c1. The molecule has 0 saturated carbocycles. The lowest BCUT2D eigenvalue weighted by molar-refractivity contribution is 0.569. The lowest BCUT2D eigenvalue weighted by Gasteiger charge is -2.45. The fraction of sp³-hybridized carbons (Fsp3) is 0.182. The Hall–Kier alpha value is -9.90. The van der Waals surface area contributed by atoms with Crippen molar-refractivity contribution in [3.8, 4) is 66.8 Å². The second-order valence-corrected chi connectivity index (χ2v) is 29.9. The molecule has 0 aliphatic carbocycles. The third-order valence-electron chi connectivity index (χ3n) is 19.4. The molecule has 450 valence electrons. The standard InChI is InChI=1S/C88H79BN2O/c1-85(2,3)67-37-39-78-76(54-67)89-77-55-68(86(4,5)6)38-40-79(77)91(72-47-62(58-31-21-15-22-32-58)42-63(48-72)59-33-23-16-24-34-59)81-52-65(51-80(83(81)89)90(78)71-45-60(56-27-17-13-18-28-56)41-61(46-71)57-29-19-14-20-30-57)64-49-74(84-75(50-64)73-35-25-26-36-82(73)92-84)66-43-69(87(7,8)9)53-70(44-66)88(10,11)12/h13-55H,1-12H3. The number of nitrogens with zero attached hydrogens (tertiary/aromatic N) is 2. The van der Waals surface area contributed by atoms with Crippen molar-refractivity contribution < 1.29 is 4.42 Å². The molecule has 0 atom stereocenters. The zero-order chi connectivity index (χ0) is 63.6. The molecule has 0 bridgehead atoms. The van der Waals surface area contributed by atoms with Gasteiger partial charge in [-0.05, 0) is 200 Å². The van der Waals surface area contributed by atoms with Gasteiger partial charge >= 0.3 is 0 Å². The number of para-hydroxylation sites is 1. The van der Waals surface area contributed by atoms with Crippen LogP contribution in [-0.2, 0) is 21.7 Å². The van der Waals surface area contributed by atoms with E-state index in [0.29, 0.717) is 0 Å². The molecule has 0 radical (unpaired) electrons. The Morgan fingerprint density at radius 1 is 0.272 bits per heavy atom. The van der Waals surface area contributed by atoms with Gasteiger partial charge in [0.25, 0.3) is 6.71 Å². The smallest absolute Gasteiger partial charge is 0.252 e. The first-order valence-corrected chi connectivity index (χ1v) is 32.8. The molecule has 0 spiro atoms. The van der Waals surface area contributed by atoms with E-state index < -0.39 is 0 Å². The summed E-state index contributed by atoms with van der Waals surface area (Å²) in [5.74, 6) is 0. The first-order chi connectivity index (χ1) is 44.1. The first-order valence-electron chi connectivity index (χ1n) is 32.8. The van der Waals surface area contributed by atoms with Gasteiger partial charge in [0.05, 0.1) is 0 Å². The van der Waals surface area contributed by atoms with Crippen LogP contribution in [0.1, 0.15) is 105 Å². The molecule has 92 heavy (non-hydrogen) atoms. The van der Waals surface area contributed by atoms with E-state index in [0.717, 1.165) is 89.2 Å². The molecular formula is C88H79BN2O. The van der Waals surface area contributed by atoms with Gasteiger partial charge in [-0.25, -0.2) is 0 Å². The van der Waals surface area contributed by atoms with Crippen LogP contribution in [-0.4, -0.2) is 6.71 Å². The second kappa shape index (κ2) is 21.9. The normalized spacial score (nSPS) is 13.2. The number of hydrogen-bond acceptors (Lipinski definition) is 3. The molecule has 0 N–H and O–H groups in total. The Morgan fingerprint density at radius 2 is 0.641 bits per heavy atom. The average Bonchev–Trinajstić information content (AvgIpc) is 0.697. The molecule has 13 aromatic rings. The predicted molar refractivity (Wildman–Crippen MR) is 395 cm³/mol. The molecule has 0 fully saturated rings. The number of rotatable bonds is 8. The maximum absolute atomic E-state index is 7.11. The molecule has 2 aliphatic heterocycles. The van der Waals surface area contributed by atoms with Gasteiger partial charge in [-0.1, -0.05) is 265 Å². The zero-order valence-electron chi connectivity index (χ0n) is 55.2. The van der Waals surface area contributed by atoms with Crippen molar-refractivity contribution in [3.63, 3.8) is 0 Å². The third kappa shape index (κ3) is 10.4. The van der Waals surface area contributed by atoms with Gasteiger partial charge < -0.3 is 14.2 Å². The maximum Gasteiger partial charge on any atom is 0.252 e. The third-order valence-corrected chi connectivity index (χ3v) is 19.4. The van der Waals surface area contributed by atoms with E-state index in [1.807, 2.05) is 0 Å². The largest absolute Gasteiger partial charge is 0.455 e. The van der Waals surface area contributed by atoms with Gasteiger partial charge in [0, 0.05) is 50.5 Å². The second-order valence-electron chi connectivity index (χ2n) is 29.9. The van der Waals surface area contributed by atoms with Gasteiger partial charge in [0.15, 0.2) is 0 Å². The highest BCUT2D eigenvalue weighted by molar-refractivity contribution is 7.00. The fourth-order valence-electron chi connectivity index (χ4n) is 14.2. The number of fused-ring (bicyclic) bond motifs is 7. The molecular weight excluding hydrogens is 1110 g/mol. The molecule has 4 heteroatoms. The van der Waals surface area contributed by atoms with Crippen LogP contribution in [0.5, 0.6) is 0 Å². The van der Waals surface area contributed by atoms with E-state index in [9.17, 15) is 0 Å². The number of anilines is 6. The van der Waals surface area contributed by atoms with Crippen molar-refractivity contribution in [2.75, 3.05) is 9.80 Å². The molecule has 0 amide bonds. The van der Waals surface area contributed by atoms with Crippen molar-refractivity contribution in [2.24, 2.45) is 0 Å². The summed E-state index contributed by atoms with van der Waals surface area (Å²) in [6.45, 7) is 28.0. The van der Waals surface area contributed by atoms with E-state index in [1.165, 1.54) is 72.3 Å². The average molecular weight is 1190 g/mol. The van der Waals surface area contributed by atoms with E-state index in [2.05, 4.69) is 354 Å². The van der Waals surface area contributed by atoms with Gasteiger partial charge in [0.2, 0.25) is 0 Å². The number of hydrogen-bond donors (Lipinski definition) is 0. The quantitative estimate of drug-likeness (QED) is 0.141. The summed E-state index contributed by atoms with van der Waals surface area (Å²) in [5.41, 5.74) is 30.9. The van der Waals surface area contributed by atoms with Crippen molar-refractivity contribution in [3.05, 3.63) is 283 Å². The maximum atomic E-state index is 7.11. The van der Waals surface area contributed by atoms with Crippen LogP contribution in [0, 0.1) is 0 Å². The van der Waals surface area contributed by atoms with Crippen LogP contribution in [0.2, 0.25) is 0 Å². The highest BCUT2D eigenvalue weighted by atomic mass is 16.3. The van der Waals surface area contributed by atoms with Crippen LogP contribution >= 0.6 is 0 Å². The molecule has 15 rings (SSSR count). The Morgan fingerprint density at radius 3 is 1.04 bits per heavy atom. The minimum Gasteiger partial charge on any atom is -0.455 e. The van der Waals surface area contributed by atoms with Gasteiger partial charge in [-0.15, -0.1) is 0 Å². The lowest BCUT2D eigenvalue weighted by atomic mass is 9.33. The Balaban J connectivity index is 1.11. The number of benzene rings is 12. The Bertz CT molecular complexity index is 4650. The van der Waals surface area contributed by atoms with Crippen molar-refractivity contribution >= 4 is 79.2 Å². The minimum absolute atomic E-state index is 0.102. The molecule has 0 unspecified atom stereocenters. The van der Waals surface area contributed by atoms with Gasteiger partial charge in [0.1, 0.15) is 11.2 Å². The molecule has 0 saturated heterocycles. The number of furan rings is 1. The van der Waals surface area contributed by atoms with Crippen molar-refractivity contribution in [1.82, 2.24) is 0 Å². The zero-order valence-corrected chi connectivity index (χ0v) is 55.2. The predicted octanol–water partition coefficient (Wildman–Crippen LogP) is 22.9. The van der Waals surface area contributed by atoms with Crippen molar-refractivity contribution in [1.29, 1.82) is 0 Å². The van der Waals surface area contributed by atoms with Crippen molar-refractivity contribution in [2.45, 2.75) is 105 Å². The van der Waals surface area contributed by atoms with Crippen LogP contribution in [0.3, 0.4) is 0 Å². The van der Waals surface area contributed by atoms with Crippen LogP contribution in [0.4, 0.5) is 34.1 Å². The van der Waals surface area contributed by atoms with Crippen LogP contribution in [0.15, 0.2) is 265 Å². The van der Waals surface area contributed by atoms with E-state index >= 15 is 0 Å². The Labute approximate surface area is 544 Å².